The molecule has 13 heteroatoms. The molecule has 3 aromatic carbocycles. The van der Waals surface area contributed by atoms with E-state index in [-0.39, 0.29) is 37.7 Å². The lowest BCUT2D eigenvalue weighted by Crippen LogP contribution is -2.84. The van der Waals surface area contributed by atoms with Gasteiger partial charge in [-0.15, -0.1) is 0 Å². The summed E-state index contributed by atoms with van der Waals surface area (Å²) in [5, 5.41) is 5.28. The van der Waals surface area contributed by atoms with Crippen LogP contribution in [-0.2, 0) is 33.0 Å². The number of imide groups is 1. The van der Waals surface area contributed by atoms with E-state index in [1.807, 2.05) is 93.6 Å². The summed E-state index contributed by atoms with van der Waals surface area (Å²) in [7, 11) is 0. The Balaban J connectivity index is 1.19. The summed E-state index contributed by atoms with van der Waals surface area (Å²) < 4.78 is 9.43. The predicted octanol–water partition coefficient (Wildman–Crippen LogP) is 3.63. The Labute approximate surface area is 300 Å². The van der Waals surface area contributed by atoms with Gasteiger partial charge in [0.15, 0.2) is 17.1 Å². The van der Waals surface area contributed by atoms with Crippen molar-refractivity contribution in [1.82, 2.24) is 34.6 Å². The van der Waals surface area contributed by atoms with Gasteiger partial charge >= 0.3 is 11.7 Å². The van der Waals surface area contributed by atoms with E-state index < -0.39 is 46.3 Å². The molecule has 3 aromatic rings. The van der Waals surface area contributed by atoms with Crippen LogP contribution in [0.5, 0.6) is 0 Å². The van der Waals surface area contributed by atoms with Crippen LogP contribution >= 0.6 is 0 Å². The average molecular weight is 704 g/mol. The number of nitrogens with zero attached hydrogens (tertiary/aromatic N) is 5. The van der Waals surface area contributed by atoms with Gasteiger partial charge in [0.25, 0.3) is 11.5 Å². The molecule has 0 unspecified atom stereocenters. The number of ether oxygens (including phenoxy) is 1. The van der Waals surface area contributed by atoms with Crippen molar-refractivity contribution in [3.05, 3.63) is 116 Å². The van der Waals surface area contributed by atoms with Crippen LogP contribution in [0.2, 0.25) is 0 Å². The van der Waals surface area contributed by atoms with Gasteiger partial charge in [-0.1, -0.05) is 80.4 Å². The van der Waals surface area contributed by atoms with Gasteiger partial charge < -0.3 is 19.5 Å². The third-order valence-corrected chi connectivity index (χ3v) is 10.3. The first-order chi connectivity index (χ1) is 25.0. The Morgan fingerprint density at radius 1 is 0.885 bits per heavy atom. The molecule has 0 aliphatic carbocycles. The van der Waals surface area contributed by atoms with Crippen LogP contribution in [0, 0.1) is 13.8 Å². The average Bonchev–Trinajstić information content (AvgIpc) is 3.12. The van der Waals surface area contributed by atoms with E-state index in [1.54, 1.807) is 11.5 Å². The first-order valence-electron chi connectivity index (χ1n) is 17.6. The Kier molecular flexibility index (Phi) is 8.99. The minimum absolute atomic E-state index is 0.0788. The molecule has 4 aliphatic rings. The third kappa shape index (κ3) is 5.65. The van der Waals surface area contributed by atoms with Crippen LogP contribution < -0.4 is 21.9 Å². The number of nitrogens with one attached hydrogen (secondary N) is 2. The van der Waals surface area contributed by atoms with Crippen molar-refractivity contribution >= 4 is 28.9 Å². The first kappa shape index (κ1) is 34.7. The number of carbonyl (C=O) groups is 3. The van der Waals surface area contributed by atoms with Crippen molar-refractivity contribution in [1.29, 1.82) is 0 Å². The van der Waals surface area contributed by atoms with Gasteiger partial charge in [-0.05, 0) is 61.6 Å². The van der Waals surface area contributed by atoms with E-state index in [0.717, 1.165) is 39.7 Å². The molecule has 0 aromatic heterocycles. The van der Waals surface area contributed by atoms with Crippen molar-refractivity contribution in [2.24, 2.45) is 0 Å². The molecule has 268 valence electrons. The molecule has 4 aliphatic heterocycles. The Bertz CT molecular complexity index is 2250. The maximum absolute atomic E-state index is 13.7. The minimum Gasteiger partial charge on any atom is -0.353 e. The monoisotopic (exact) mass is 703 g/mol. The number of unbranched alkanes of at least 4 members (excludes halogenated alkanes) is 2. The molecule has 2 N–H and O–H groups in total. The molecule has 4 heterocycles. The molecule has 7 rings (SSSR count). The number of fused-ring (bicyclic) bond motifs is 3. The highest BCUT2D eigenvalue weighted by molar-refractivity contribution is 6.04. The smallest absolute Gasteiger partial charge is 0.352 e. The lowest BCUT2D eigenvalue weighted by Gasteiger charge is -2.64. The summed E-state index contributed by atoms with van der Waals surface area (Å²) in [5.41, 5.74) is 0.978. The van der Waals surface area contributed by atoms with E-state index in [2.05, 4.69) is 20.6 Å². The van der Waals surface area contributed by atoms with Crippen molar-refractivity contribution in [3.8, 4) is 11.5 Å². The summed E-state index contributed by atoms with van der Waals surface area (Å²) in [5.74, 6) is -0.909. The van der Waals surface area contributed by atoms with E-state index in [9.17, 15) is 24.0 Å². The highest BCUT2D eigenvalue weighted by Crippen LogP contribution is 2.56. The zero-order valence-electron chi connectivity index (χ0n) is 29.6. The van der Waals surface area contributed by atoms with Crippen LogP contribution in [0.1, 0.15) is 55.4 Å². The molecule has 2 saturated heterocycles. The standard InChI is InChI=1S/C39H41N7O6/c1-5-6-13-19-45-33(48)31-32(42-36(45)50)44(29-22-25(3)24(2)21-28(29)41-31)20-18-40-30(47)23-46-34-38(4,35(49)43-37(46)51)52-39(34,26-14-9-7-10-15-26)27-16-11-8-12-17-27/h7-12,14-17,21-22,34H,5-6,13,18-20,23H2,1-4H3,(H,40,47)(H,43,49,51)/t34-,38-/m1/s1. The van der Waals surface area contributed by atoms with Crippen molar-refractivity contribution in [2.75, 3.05) is 13.1 Å². The maximum atomic E-state index is 13.7. The molecule has 2 atom stereocenters. The quantitative estimate of drug-likeness (QED) is 0.156. The zero-order valence-corrected chi connectivity index (χ0v) is 29.6. The Morgan fingerprint density at radius 2 is 1.54 bits per heavy atom. The summed E-state index contributed by atoms with van der Waals surface area (Å²) in [6, 6.07) is 21.0. The number of benzene rings is 3. The number of rotatable bonds is 11. The number of amides is 4. The number of urea groups is 1. The molecule has 52 heavy (non-hydrogen) atoms. The van der Waals surface area contributed by atoms with E-state index >= 15 is 0 Å². The molecule has 2 fully saturated rings. The summed E-state index contributed by atoms with van der Waals surface area (Å²) >= 11 is 0. The number of hydrogen-bond acceptors (Lipinski definition) is 8. The third-order valence-electron chi connectivity index (χ3n) is 10.3. The summed E-state index contributed by atoms with van der Waals surface area (Å²) in [6.07, 6.45) is 2.48. The Hall–Kier alpha value is -5.69. The maximum Gasteiger partial charge on any atom is 0.352 e. The number of aromatic nitrogens is 4. The lowest BCUT2D eigenvalue weighted by molar-refractivity contribution is -0.291. The highest BCUT2D eigenvalue weighted by Gasteiger charge is 2.72. The molecule has 0 radical (unpaired) electrons. The Morgan fingerprint density at radius 3 is 2.19 bits per heavy atom. The largest absolute Gasteiger partial charge is 0.353 e. The molecule has 0 bridgehead atoms. The summed E-state index contributed by atoms with van der Waals surface area (Å²) in [6.45, 7) is 7.72. The van der Waals surface area contributed by atoms with E-state index in [1.165, 1.54) is 4.90 Å². The topological polar surface area (TPSA) is 158 Å². The lowest BCUT2D eigenvalue weighted by atomic mass is 9.65. The fraction of sp³-hybridized carbons (Fsp3) is 0.359. The zero-order chi connectivity index (χ0) is 36.8. The van der Waals surface area contributed by atoms with Gasteiger partial charge in [0.2, 0.25) is 5.91 Å². The van der Waals surface area contributed by atoms with E-state index in [4.69, 9.17) is 4.74 Å². The van der Waals surface area contributed by atoms with Crippen LogP contribution in [0.25, 0.3) is 22.6 Å². The molecular formula is C39H41N7O6. The van der Waals surface area contributed by atoms with Gasteiger partial charge in [0.1, 0.15) is 18.2 Å². The van der Waals surface area contributed by atoms with Crippen LogP contribution in [0.4, 0.5) is 4.79 Å². The number of aryl methyl sites for hydroxylation is 2. The van der Waals surface area contributed by atoms with Gasteiger partial charge in [-0.25, -0.2) is 14.6 Å². The molecule has 0 spiro atoms. The normalized spacial score (nSPS) is 19.3. The van der Waals surface area contributed by atoms with Gasteiger partial charge in [0, 0.05) is 19.6 Å². The predicted molar refractivity (Wildman–Crippen MR) is 194 cm³/mol. The fourth-order valence-corrected chi connectivity index (χ4v) is 7.60. The number of hydrogen-bond donors (Lipinski definition) is 2. The second-order valence-electron chi connectivity index (χ2n) is 13.7. The molecule has 13 nitrogen and oxygen atoms in total. The van der Waals surface area contributed by atoms with E-state index in [0.29, 0.717) is 17.5 Å². The van der Waals surface area contributed by atoms with Gasteiger partial charge in [-0.2, -0.15) is 4.98 Å². The van der Waals surface area contributed by atoms with Crippen LogP contribution in [0.3, 0.4) is 0 Å². The minimum atomic E-state index is -1.42. The van der Waals surface area contributed by atoms with Crippen LogP contribution in [-0.4, -0.2) is 66.6 Å². The van der Waals surface area contributed by atoms with Gasteiger partial charge in [-0.3, -0.25) is 24.3 Å². The number of carbonyl (C=O) groups excluding carboxylic acids is 3. The van der Waals surface area contributed by atoms with Crippen molar-refractivity contribution in [3.63, 3.8) is 0 Å². The highest BCUT2D eigenvalue weighted by atomic mass is 16.6. The second-order valence-corrected chi connectivity index (χ2v) is 13.7. The molecule has 0 saturated carbocycles. The molecule has 4 amide bonds. The first-order valence-corrected chi connectivity index (χ1v) is 17.6. The fourth-order valence-electron chi connectivity index (χ4n) is 7.60. The SMILES string of the molecule is CCCCCn1c(=O)nc2n(CCNC(=O)CN3C(=O)NC(=O)[C@]4(C)OC(c5ccccc5)(c5ccccc5)[C@H]34)c3cc(C)c(C)cc3nc-2c1=O. The molecular weight excluding hydrogens is 662 g/mol. The second kappa shape index (κ2) is 13.5. The van der Waals surface area contributed by atoms with Crippen molar-refractivity contribution in [2.45, 2.75) is 77.3 Å². The summed E-state index contributed by atoms with van der Waals surface area (Å²) in [4.78, 5) is 77.5. The van der Waals surface area contributed by atoms with Crippen molar-refractivity contribution < 1.29 is 19.1 Å². The van der Waals surface area contributed by atoms with Crippen LogP contribution in [0.15, 0.2) is 82.4 Å². The van der Waals surface area contributed by atoms with Gasteiger partial charge in [0.05, 0.1) is 11.0 Å².